The van der Waals surface area contributed by atoms with Crippen LogP contribution in [0.2, 0.25) is 0 Å². The first-order valence-corrected chi connectivity index (χ1v) is 3.72. The number of allylic oxidation sites excluding steroid dienone is 4. The molecule has 0 bridgehead atoms. The molecule has 0 N–H and O–H groups in total. The largest absolute Gasteiger partial charge is 0.258 e. The smallest absolute Gasteiger partial charge is 0.202 e. The van der Waals surface area contributed by atoms with Gasteiger partial charge in [0.15, 0.2) is 11.7 Å². The van der Waals surface area contributed by atoms with Crippen molar-refractivity contribution in [1.82, 2.24) is 0 Å². The van der Waals surface area contributed by atoms with Crippen LogP contribution in [0.4, 0.5) is 17.6 Å². The Bertz CT molecular complexity index is 349. The maximum Gasteiger partial charge on any atom is 0.258 e. The summed E-state index contributed by atoms with van der Waals surface area (Å²) in [5.41, 5.74) is 0. The molecule has 0 fully saturated rings. The molecule has 64 valence electrons. The predicted molar refractivity (Wildman–Crippen MR) is 43.5 cm³/mol. The van der Waals surface area contributed by atoms with E-state index in [0.717, 1.165) is 22.6 Å². The van der Waals surface area contributed by atoms with Crippen LogP contribution in [0.15, 0.2) is 32.0 Å². The Balaban J connectivity index is 3.39. The first kappa shape index (κ1) is 9.47. The summed E-state index contributed by atoms with van der Waals surface area (Å²) in [6, 6.07) is 0. The Morgan fingerprint density at radius 1 is 1.08 bits per heavy atom. The van der Waals surface area contributed by atoms with E-state index in [1.54, 1.807) is 0 Å². The Hall–Kier alpha value is -0.620. The van der Waals surface area contributed by atoms with Crippen LogP contribution in [0.25, 0.3) is 0 Å². The van der Waals surface area contributed by atoms with E-state index < -0.39 is 27.0 Å². The van der Waals surface area contributed by atoms with Crippen molar-refractivity contribution in [3.8, 4) is 0 Å². The fourth-order valence-corrected chi connectivity index (χ4v) is 0.939. The fourth-order valence-electron chi connectivity index (χ4n) is 0.480. The number of hydrogen-bond donors (Lipinski definition) is 0. The highest BCUT2D eigenvalue weighted by molar-refractivity contribution is 14.1. The van der Waals surface area contributed by atoms with E-state index in [9.17, 15) is 17.6 Å². The summed E-state index contributed by atoms with van der Waals surface area (Å²) in [5.74, 6) is -4.74. The van der Waals surface area contributed by atoms with Gasteiger partial charge in [-0.25, -0.2) is 8.78 Å². The van der Waals surface area contributed by atoms with Gasteiger partial charge < -0.3 is 0 Å². The molecule has 1 aliphatic heterocycles. The van der Waals surface area contributed by atoms with Crippen molar-refractivity contribution in [2.24, 2.45) is 4.99 Å². The van der Waals surface area contributed by atoms with Crippen molar-refractivity contribution in [2.75, 3.05) is 0 Å². The minimum absolute atomic E-state index is 0.781. The van der Waals surface area contributed by atoms with Gasteiger partial charge in [0.2, 0.25) is 5.83 Å². The van der Waals surface area contributed by atoms with Gasteiger partial charge in [-0.1, -0.05) is 0 Å². The average molecular weight is 289 g/mol. The molecule has 1 nitrogen and oxygen atoms in total. The first-order valence-electron chi connectivity index (χ1n) is 2.64. The lowest BCUT2D eigenvalue weighted by molar-refractivity contribution is 0.531. The molecule has 0 aromatic heterocycles. The molecular formula is C6F4IN. The zero-order chi connectivity index (χ0) is 9.30. The molecule has 6 heteroatoms. The van der Waals surface area contributed by atoms with Gasteiger partial charge in [-0.3, -0.25) is 0 Å². The average Bonchev–Trinajstić information content (AvgIpc) is 2.14. The summed E-state index contributed by atoms with van der Waals surface area (Å²) >= 11 is 1.13. The van der Waals surface area contributed by atoms with Crippen molar-refractivity contribution in [3.05, 3.63) is 27.0 Å². The summed E-state index contributed by atoms with van der Waals surface area (Å²) in [4.78, 5) is 2.58. The van der Waals surface area contributed by atoms with Crippen LogP contribution in [-0.2, 0) is 0 Å². The van der Waals surface area contributed by atoms with E-state index >= 15 is 0 Å². The zero-order valence-corrected chi connectivity index (χ0v) is 7.49. The third-order valence-corrected chi connectivity index (χ3v) is 1.96. The molecule has 1 aliphatic rings. The highest BCUT2D eigenvalue weighted by atomic mass is 127. The van der Waals surface area contributed by atoms with Crippen LogP contribution >= 0.6 is 22.6 Å². The molecule has 1 heterocycles. The first-order chi connectivity index (χ1) is 5.54. The Kier molecular flexibility index (Phi) is 2.69. The SMILES string of the molecule is FC1=C=NC(F)=C(F)C(I)=C1F. The Morgan fingerprint density at radius 3 is 2.25 bits per heavy atom. The minimum Gasteiger partial charge on any atom is -0.202 e. The van der Waals surface area contributed by atoms with Gasteiger partial charge in [-0.15, -0.1) is 0 Å². The quantitative estimate of drug-likeness (QED) is 0.369. The number of halogens is 5. The van der Waals surface area contributed by atoms with Crippen LogP contribution in [0.1, 0.15) is 0 Å². The van der Waals surface area contributed by atoms with E-state index in [1.165, 1.54) is 5.87 Å². The third kappa shape index (κ3) is 1.59. The van der Waals surface area contributed by atoms with Gasteiger partial charge in [-0.05, 0) is 22.6 Å². The van der Waals surface area contributed by atoms with Crippen LogP contribution in [0, 0.1) is 0 Å². The standard InChI is InChI=1S/C6F4IN/c7-2-1-12-6(10)4(9)5(11)3(2)8. The van der Waals surface area contributed by atoms with Gasteiger partial charge in [-0.2, -0.15) is 13.8 Å². The second-order valence-corrected chi connectivity index (χ2v) is 2.85. The number of rotatable bonds is 0. The molecule has 12 heavy (non-hydrogen) atoms. The summed E-state index contributed by atoms with van der Waals surface area (Å²) in [6.07, 6.45) is 0. The minimum atomic E-state index is -1.58. The fraction of sp³-hybridized carbons (Fsp3) is 0. The van der Waals surface area contributed by atoms with E-state index in [4.69, 9.17) is 0 Å². The van der Waals surface area contributed by atoms with Crippen molar-refractivity contribution in [1.29, 1.82) is 0 Å². The van der Waals surface area contributed by atoms with Crippen molar-refractivity contribution in [3.63, 3.8) is 0 Å². The van der Waals surface area contributed by atoms with Crippen molar-refractivity contribution >= 4 is 28.5 Å². The molecule has 0 saturated heterocycles. The molecule has 0 unspecified atom stereocenters. The van der Waals surface area contributed by atoms with Gasteiger partial charge in [0.1, 0.15) is 0 Å². The maximum absolute atomic E-state index is 12.6. The van der Waals surface area contributed by atoms with E-state index in [2.05, 4.69) is 4.99 Å². The Labute approximate surface area is 78.3 Å². The lowest BCUT2D eigenvalue weighted by atomic mass is 10.4. The van der Waals surface area contributed by atoms with Crippen molar-refractivity contribution in [2.45, 2.75) is 0 Å². The normalized spacial score (nSPS) is 18.2. The molecule has 0 amide bonds. The van der Waals surface area contributed by atoms with E-state index in [-0.39, 0.29) is 0 Å². The van der Waals surface area contributed by atoms with Gasteiger partial charge >= 0.3 is 0 Å². The van der Waals surface area contributed by atoms with Gasteiger partial charge in [0.05, 0.1) is 3.58 Å². The van der Waals surface area contributed by atoms with Crippen LogP contribution in [0.5, 0.6) is 0 Å². The molecular weight excluding hydrogens is 289 g/mol. The molecule has 0 spiro atoms. The lowest BCUT2D eigenvalue weighted by Gasteiger charge is -1.93. The van der Waals surface area contributed by atoms with Crippen molar-refractivity contribution < 1.29 is 17.6 Å². The van der Waals surface area contributed by atoms with Gasteiger partial charge in [0.25, 0.3) is 5.95 Å². The molecule has 0 aromatic carbocycles. The van der Waals surface area contributed by atoms with Crippen LogP contribution in [-0.4, -0.2) is 5.87 Å². The molecule has 1 rings (SSSR count). The molecule has 0 aromatic rings. The summed E-state index contributed by atoms with van der Waals surface area (Å²) in [6.45, 7) is 0. The lowest BCUT2D eigenvalue weighted by Crippen LogP contribution is -1.81. The monoisotopic (exact) mass is 289 g/mol. The maximum atomic E-state index is 12.6. The number of hydrogen-bond acceptors (Lipinski definition) is 1. The zero-order valence-electron chi connectivity index (χ0n) is 5.34. The second-order valence-electron chi connectivity index (χ2n) is 1.77. The van der Waals surface area contributed by atoms with E-state index in [0.29, 0.717) is 0 Å². The number of aliphatic imine (C=N–C) groups is 1. The highest BCUT2D eigenvalue weighted by Crippen LogP contribution is 2.32. The van der Waals surface area contributed by atoms with E-state index in [1.807, 2.05) is 0 Å². The van der Waals surface area contributed by atoms with Gasteiger partial charge in [0, 0.05) is 5.87 Å². The summed E-state index contributed by atoms with van der Waals surface area (Å²) in [7, 11) is 0. The summed E-state index contributed by atoms with van der Waals surface area (Å²) < 4.78 is 49.0. The highest BCUT2D eigenvalue weighted by Gasteiger charge is 2.19. The molecule has 0 saturated carbocycles. The molecule has 0 aliphatic carbocycles. The Morgan fingerprint density at radius 2 is 1.67 bits per heavy atom. The predicted octanol–water partition coefficient (Wildman–Crippen LogP) is 3.25. The molecule has 0 radical (unpaired) electrons. The second kappa shape index (κ2) is 3.40. The number of nitrogens with zero attached hydrogens (tertiary/aromatic N) is 1. The third-order valence-electron chi connectivity index (χ3n) is 1.01. The van der Waals surface area contributed by atoms with Crippen LogP contribution < -0.4 is 0 Å². The topological polar surface area (TPSA) is 12.4 Å². The molecule has 0 atom stereocenters. The van der Waals surface area contributed by atoms with Crippen LogP contribution in [0.3, 0.4) is 0 Å². The summed E-state index contributed by atoms with van der Waals surface area (Å²) in [5, 5.41) is 0.